The van der Waals surface area contributed by atoms with E-state index in [9.17, 15) is 13.4 Å². The maximum absolute atomic E-state index is 14.1. The van der Waals surface area contributed by atoms with Crippen LogP contribution >= 0.6 is 15.9 Å². The molecule has 1 aromatic rings. The predicted molar refractivity (Wildman–Crippen MR) is 103 cm³/mol. The third kappa shape index (κ3) is 8.42. The van der Waals surface area contributed by atoms with Crippen LogP contribution in [0.4, 0.5) is 4.39 Å². The van der Waals surface area contributed by atoms with Crippen molar-refractivity contribution in [1.29, 1.82) is 0 Å². The minimum absolute atomic E-state index is 0.00500. The van der Waals surface area contributed by atoms with Gasteiger partial charge < -0.3 is 4.74 Å². The molecule has 0 spiro atoms. The zero-order valence-corrected chi connectivity index (χ0v) is 18.0. The van der Waals surface area contributed by atoms with Crippen molar-refractivity contribution in [3.63, 3.8) is 0 Å². The van der Waals surface area contributed by atoms with E-state index in [2.05, 4.69) is 20.7 Å². The lowest BCUT2D eigenvalue weighted by Gasteiger charge is -2.26. The lowest BCUT2D eigenvalue weighted by molar-refractivity contribution is -0.155. The molecule has 0 heterocycles. The number of hydrogen-bond acceptors (Lipinski definition) is 3. The Kier molecular flexibility index (Phi) is 7.77. The van der Waals surface area contributed by atoms with Crippen LogP contribution in [0.5, 0.6) is 0 Å². The SMILES string of the molecule is CC(C)(C)OC(=O)CC(Cc1cc(Br)ccc1F)NS(=O)C(C)(C)C. The Balaban J connectivity index is 2.96. The Morgan fingerprint density at radius 3 is 2.40 bits per heavy atom. The maximum atomic E-state index is 14.1. The largest absolute Gasteiger partial charge is 0.460 e. The smallest absolute Gasteiger partial charge is 0.307 e. The third-order valence-electron chi connectivity index (χ3n) is 3.14. The normalized spacial score (nSPS) is 14.9. The Hall–Kier alpha value is -0.790. The molecule has 0 amide bonds. The van der Waals surface area contributed by atoms with Gasteiger partial charge in [-0.2, -0.15) is 0 Å². The van der Waals surface area contributed by atoms with Crippen LogP contribution < -0.4 is 4.72 Å². The molecule has 2 unspecified atom stereocenters. The summed E-state index contributed by atoms with van der Waals surface area (Å²) >= 11 is 3.32. The standard InChI is InChI=1S/C18H27BrFNO3S/c1-17(2,3)24-16(22)11-14(21-25(23)18(4,5)6)10-12-9-13(19)7-8-15(12)20/h7-9,14,21H,10-11H2,1-6H3. The molecule has 0 aliphatic rings. The molecule has 142 valence electrons. The topological polar surface area (TPSA) is 55.4 Å². The maximum Gasteiger partial charge on any atom is 0.307 e. The minimum atomic E-state index is -1.38. The Morgan fingerprint density at radius 2 is 1.88 bits per heavy atom. The van der Waals surface area contributed by atoms with E-state index in [1.165, 1.54) is 6.07 Å². The second-order valence-electron chi connectivity index (χ2n) is 7.93. The van der Waals surface area contributed by atoms with Gasteiger partial charge >= 0.3 is 5.97 Å². The fourth-order valence-corrected chi connectivity index (χ4v) is 3.26. The number of benzene rings is 1. The molecule has 1 rings (SSSR count). The first-order valence-corrected chi connectivity index (χ1v) is 10.1. The van der Waals surface area contributed by atoms with Gasteiger partial charge in [-0.25, -0.2) is 13.3 Å². The summed E-state index contributed by atoms with van der Waals surface area (Å²) < 4.78 is 35.1. The monoisotopic (exact) mass is 435 g/mol. The van der Waals surface area contributed by atoms with Crippen molar-refractivity contribution in [3.8, 4) is 0 Å². The Bertz CT molecular complexity index is 638. The van der Waals surface area contributed by atoms with Crippen LogP contribution in [-0.2, 0) is 26.9 Å². The highest BCUT2D eigenvalue weighted by Gasteiger charge is 2.27. The molecule has 0 saturated carbocycles. The quantitative estimate of drug-likeness (QED) is 0.678. The number of esters is 1. The van der Waals surface area contributed by atoms with Crippen LogP contribution in [0.1, 0.15) is 53.5 Å². The summed E-state index contributed by atoms with van der Waals surface area (Å²) in [4.78, 5) is 12.2. The number of nitrogens with one attached hydrogen (secondary N) is 1. The number of hydrogen-bond donors (Lipinski definition) is 1. The van der Waals surface area contributed by atoms with Gasteiger partial charge in [0.15, 0.2) is 0 Å². The van der Waals surface area contributed by atoms with Gasteiger partial charge in [-0.15, -0.1) is 0 Å². The van der Waals surface area contributed by atoms with Crippen molar-refractivity contribution in [2.45, 2.75) is 70.8 Å². The Morgan fingerprint density at radius 1 is 1.28 bits per heavy atom. The van der Waals surface area contributed by atoms with E-state index < -0.39 is 33.3 Å². The van der Waals surface area contributed by atoms with Crippen molar-refractivity contribution < 1.29 is 18.1 Å². The van der Waals surface area contributed by atoms with Crippen molar-refractivity contribution >= 4 is 32.9 Å². The van der Waals surface area contributed by atoms with Crippen LogP contribution in [0.25, 0.3) is 0 Å². The summed E-state index contributed by atoms with van der Waals surface area (Å²) in [6, 6.07) is 4.14. The molecule has 0 saturated heterocycles. The second-order valence-corrected chi connectivity index (χ2v) is 10.8. The van der Waals surface area contributed by atoms with E-state index in [1.807, 2.05) is 20.8 Å². The number of carbonyl (C=O) groups excluding carboxylic acids is 1. The molecule has 0 aliphatic heterocycles. The molecule has 0 fully saturated rings. The van der Waals surface area contributed by atoms with E-state index in [4.69, 9.17) is 4.74 Å². The highest BCUT2D eigenvalue weighted by atomic mass is 79.9. The minimum Gasteiger partial charge on any atom is -0.460 e. The van der Waals surface area contributed by atoms with Crippen molar-refractivity contribution in [3.05, 3.63) is 34.1 Å². The molecule has 0 radical (unpaired) electrons. The van der Waals surface area contributed by atoms with Crippen molar-refractivity contribution in [2.75, 3.05) is 0 Å². The van der Waals surface area contributed by atoms with Gasteiger partial charge in [-0.1, -0.05) is 15.9 Å². The van der Waals surface area contributed by atoms with Crippen molar-refractivity contribution in [2.24, 2.45) is 0 Å². The molecule has 1 aromatic carbocycles. The first kappa shape index (κ1) is 22.3. The highest BCUT2D eigenvalue weighted by Crippen LogP contribution is 2.20. The van der Waals surface area contributed by atoms with E-state index in [1.54, 1.807) is 32.9 Å². The van der Waals surface area contributed by atoms with Gasteiger partial charge in [-0.05, 0) is 71.7 Å². The van der Waals surface area contributed by atoms with Crippen LogP contribution in [0.15, 0.2) is 22.7 Å². The second kappa shape index (κ2) is 8.73. The zero-order valence-electron chi connectivity index (χ0n) is 15.6. The zero-order chi connectivity index (χ0) is 19.4. The highest BCUT2D eigenvalue weighted by molar-refractivity contribution is 9.10. The summed E-state index contributed by atoms with van der Waals surface area (Å²) in [6.45, 7) is 10.9. The molecule has 25 heavy (non-hydrogen) atoms. The van der Waals surface area contributed by atoms with Crippen LogP contribution in [0.3, 0.4) is 0 Å². The molecular formula is C18H27BrFNO3S. The van der Waals surface area contributed by atoms with Gasteiger partial charge in [0.05, 0.1) is 22.2 Å². The van der Waals surface area contributed by atoms with Crippen LogP contribution in [0.2, 0.25) is 0 Å². The first-order valence-electron chi connectivity index (χ1n) is 8.12. The van der Waals surface area contributed by atoms with Crippen LogP contribution in [0, 0.1) is 5.82 Å². The molecule has 1 N–H and O–H groups in total. The fraction of sp³-hybridized carbons (Fsp3) is 0.611. The van der Waals surface area contributed by atoms with E-state index in [0.29, 0.717) is 5.56 Å². The number of carbonyl (C=O) groups is 1. The Labute approximate surface area is 160 Å². The van der Waals surface area contributed by atoms with Gasteiger partial charge in [0, 0.05) is 10.5 Å². The summed E-state index contributed by atoms with van der Waals surface area (Å²) in [5.41, 5.74) is -0.160. The molecular weight excluding hydrogens is 409 g/mol. The molecule has 2 atom stereocenters. The average Bonchev–Trinajstić information content (AvgIpc) is 2.39. The van der Waals surface area contributed by atoms with Gasteiger partial charge in [0.25, 0.3) is 0 Å². The van der Waals surface area contributed by atoms with E-state index in [-0.39, 0.29) is 18.7 Å². The summed E-state index contributed by atoms with van der Waals surface area (Å²) in [6.07, 6.45) is 0.234. The lowest BCUT2D eigenvalue weighted by atomic mass is 10.0. The molecule has 0 bridgehead atoms. The molecule has 7 heteroatoms. The summed E-state index contributed by atoms with van der Waals surface area (Å²) in [5, 5.41) is 0. The van der Waals surface area contributed by atoms with E-state index >= 15 is 0 Å². The fourth-order valence-electron chi connectivity index (χ4n) is 2.03. The molecule has 4 nitrogen and oxygen atoms in total. The average molecular weight is 436 g/mol. The molecule has 0 aliphatic carbocycles. The van der Waals surface area contributed by atoms with Gasteiger partial charge in [0.1, 0.15) is 11.4 Å². The summed E-state index contributed by atoms with van der Waals surface area (Å²) in [5.74, 6) is -0.771. The number of halogens is 2. The van der Waals surface area contributed by atoms with Crippen molar-refractivity contribution in [1.82, 2.24) is 4.72 Å². The predicted octanol–water partition coefficient (Wildman–Crippen LogP) is 4.28. The molecule has 0 aromatic heterocycles. The third-order valence-corrected chi connectivity index (χ3v) is 5.29. The van der Waals surface area contributed by atoms with Gasteiger partial charge in [-0.3, -0.25) is 4.79 Å². The van der Waals surface area contributed by atoms with Crippen LogP contribution in [-0.4, -0.2) is 26.6 Å². The lowest BCUT2D eigenvalue weighted by Crippen LogP contribution is -2.42. The van der Waals surface area contributed by atoms with E-state index in [0.717, 1.165) is 4.47 Å². The number of ether oxygens (including phenoxy) is 1. The summed E-state index contributed by atoms with van der Waals surface area (Å²) in [7, 11) is -1.38. The van der Waals surface area contributed by atoms with Gasteiger partial charge in [0.2, 0.25) is 0 Å². The first-order chi connectivity index (χ1) is 11.3. The number of rotatable bonds is 6.